The fraction of sp³-hybridized carbons (Fsp3) is 0.571. The molecule has 0 radical (unpaired) electrons. The van der Waals surface area contributed by atoms with Crippen LogP contribution in [0.15, 0.2) is 18.2 Å². The van der Waals surface area contributed by atoms with Gasteiger partial charge in [0.25, 0.3) is 0 Å². The third-order valence-electron chi connectivity index (χ3n) is 2.54. The molecule has 1 rings (SSSR count). The van der Waals surface area contributed by atoms with Gasteiger partial charge in [-0.25, -0.2) is 4.39 Å². The average molecular weight is 255 g/mol. The van der Waals surface area contributed by atoms with Crippen LogP contribution >= 0.6 is 0 Å². The second kappa shape index (κ2) is 6.16. The Morgan fingerprint density at radius 3 is 2.61 bits per heavy atom. The first kappa shape index (κ1) is 14.9. The normalized spacial score (nSPS) is 13.4. The molecule has 2 N–H and O–H groups in total. The van der Waals surface area contributed by atoms with Crippen molar-refractivity contribution in [1.29, 1.82) is 0 Å². The highest BCUT2D eigenvalue weighted by Crippen LogP contribution is 2.22. The molecule has 102 valence electrons. The summed E-state index contributed by atoms with van der Waals surface area (Å²) in [5.74, 6) is 0.138. The quantitative estimate of drug-likeness (QED) is 0.821. The monoisotopic (exact) mass is 255 g/mol. The van der Waals surface area contributed by atoms with Crippen molar-refractivity contribution in [2.24, 2.45) is 0 Å². The van der Waals surface area contributed by atoms with Gasteiger partial charge in [-0.05, 0) is 33.4 Å². The molecule has 0 aliphatic carbocycles. The van der Waals surface area contributed by atoms with Crippen LogP contribution in [0.2, 0.25) is 0 Å². The van der Waals surface area contributed by atoms with Crippen LogP contribution < -0.4 is 10.1 Å². The Labute approximate surface area is 108 Å². The van der Waals surface area contributed by atoms with E-state index in [2.05, 4.69) is 5.32 Å². The fourth-order valence-electron chi connectivity index (χ4n) is 1.62. The van der Waals surface area contributed by atoms with E-state index in [1.54, 1.807) is 26.0 Å². The number of aliphatic hydroxyl groups is 1. The zero-order valence-electron chi connectivity index (χ0n) is 11.5. The SMILES string of the molecule is CCNC(C)c1ccc(OCC(C)(C)O)cc1F. The molecule has 1 atom stereocenters. The predicted molar refractivity (Wildman–Crippen MR) is 70.3 cm³/mol. The predicted octanol–water partition coefficient (Wildman–Crippen LogP) is 2.65. The van der Waals surface area contributed by atoms with Crippen molar-refractivity contribution in [3.8, 4) is 5.75 Å². The topological polar surface area (TPSA) is 41.5 Å². The number of rotatable bonds is 6. The highest BCUT2D eigenvalue weighted by atomic mass is 19.1. The lowest BCUT2D eigenvalue weighted by molar-refractivity contribution is 0.0283. The van der Waals surface area contributed by atoms with E-state index in [0.29, 0.717) is 11.3 Å². The summed E-state index contributed by atoms with van der Waals surface area (Å²) in [4.78, 5) is 0. The summed E-state index contributed by atoms with van der Waals surface area (Å²) in [5.41, 5.74) is -0.306. The molecular weight excluding hydrogens is 233 g/mol. The summed E-state index contributed by atoms with van der Waals surface area (Å²) in [6.07, 6.45) is 0. The molecule has 0 fully saturated rings. The van der Waals surface area contributed by atoms with E-state index in [0.717, 1.165) is 6.54 Å². The lowest BCUT2D eigenvalue weighted by Gasteiger charge is -2.19. The number of hydrogen-bond donors (Lipinski definition) is 2. The van der Waals surface area contributed by atoms with Gasteiger partial charge in [0.05, 0.1) is 5.60 Å². The Hall–Kier alpha value is -1.13. The fourth-order valence-corrected chi connectivity index (χ4v) is 1.62. The summed E-state index contributed by atoms with van der Waals surface area (Å²) < 4.78 is 19.2. The van der Waals surface area contributed by atoms with Gasteiger partial charge in [0.15, 0.2) is 0 Å². The van der Waals surface area contributed by atoms with Crippen LogP contribution in [0.5, 0.6) is 5.75 Å². The highest BCUT2D eigenvalue weighted by Gasteiger charge is 2.15. The Kier molecular flexibility index (Phi) is 5.11. The summed E-state index contributed by atoms with van der Waals surface area (Å²) >= 11 is 0. The van der Waals surface area contributed by atoms with Crippen molar-refractivity contribution in [2.45, 2.75) is 39.3 Å². The van der Waals surface area contributed by atoms with E-state index >= 15 is 0 Å². The van der Waals surface area contributed by atoms with Crippen molar-refractivity contribution in [3.05, 3.63) is 29.6 Å². The third-order valence-corrected chi connectivity index (χ3v) is 2.54. The molecule has 0 aromatic heterocycles. The molecule has 0 spiro atoms. The second-order valence-corrected chi connectivity index (χ2v) is 5.06. The molecule has 0 aliphatic rings. The van der Waals surface area contributed by atoms with Gasteiger partial charge in [-0.3, -0.25) is 0 Å². The van der Waals surface area contributed by atoms with Crippen molar-refractivity contribution in [1.82, 2.24) is 5.32 Å². The number of ether oxygens (including phenoxy) is 1. The zero-order chi connectivity index (χ0) is 13.8. The minimum Gasteiger partial charge on any atom is -0.491 e. The molecule has 0 saturated heterocycles. The molecule has 1 aromatic rings. The lowest BCUT2D eigenvalue weighted by atomic mass is 10.1. The molecule has 18 heavy (non-hydrogen) atoms. The minimum absolute atomic E-state index is 0.0293. The number of hydrogen-bond acceptors (Lipinski definition) is 3. The van der Waals surface area contributed by atoms with Crippen LogP contribution in [0.25, 0.3) is 0 Å². The van der Waals surface area contributed by atoms with E-state index in [9.17, 15) is 9.50 Å². The Bertz CT molecular complexity index is 388. The molecule has 0 heterocycles. The number of nitrogens with one attached hydrogen (secondary N) is 1. The Morgan fingerprint density at radius 2 is 2.11 bits per heavy atom. The standard InChI is InChI=1S/C14H22FNO2/c1-5-16-10(2)12-7-6-11(8-13(12)15)18-9-14(3,4)17/h6-8,10,16-17H,5,9H2,1-4H3. The van der Waals surface area contributed by atoms with Crippen LogP contribution in [-0.2, 0) is 0 Å². The van der Waals surface area contributed by atoms with Gasteiger partial charge in [-0.2, -0.15) is 0 Å². The van der Waals surface area contributed by atoms with Gasteiger partial charge in [0.1, 0.15) is 18.2 Å². The van der Waals surface area contributed by atoms with Crippen molar-refractivity contribution >= 4 is 0 Å². The van der Waals surface area contributed by atoms with E-state index in [4.69, 9.17) is 4.74 Å². The van der Waals surface area contributed by atoms with E-state index in [-0.39, 0.29) is 18.5 Å². The summed E-state index contributed by atoms with van der Waals surface area (Å²) in [7, 11) is 0. The van der Waals surface area contributed by atoms with Crippen molar-refractivity contribution in [2.75, 3.05) is 13.2 Å². The maximum Gasteiger partial charge on any atom is 0.131 e. The summed E-state index contributed by atoms with van der Waals surface area (Å²) in [6.45, 7) is 8.11. The summed E-state index contributed by atoms with van der Waals surface area (Å²) in [5, 5.41) is 12.7. The van der Waals surface area contributed by atoms with Gasteiger partial charge < -0.3 is 15.2 Å². The van der Waals surface area contributed by atoms with Crippen LogP contribution in [0.4, 0.5) is 4.39 Å². The zero-order valence-corrected chi connectivity index (χ0v) is 11.5. The maximum absolute atomic E-state index is 13.9. The van der Waals surface area contributed by atoms with Gasteiger partial charge >= 0.3 is 0 Å². The highest BCUT2D eigenvalue weighted by molar-refractivity contribution is 5.30. The van der Waals surface area contributed by atoms with Crippen LogP contribution in [0.3, 0.4) is 0 Å². The maximum atomic E-state index is 13.9. The first-order valence-corrected chi connectivity index (χ1v) is 6.21. The van der Waals surface area contributed by atoms with Gasteiger partial charge in [-0.1, -0.05) is 13.0 Å². The Morgan fingerprint density at radius 1 is 1.44 bits per heavy atom. The minimum atomic E-state index is -0.924. The third kappa shape index (κ3) is 4.63. The molecular formula is C14H22FNO2. The molecule has 0 aliphatic heterocycles. The van der Waals surface area contributed by atoms with Crippen molar-refractivity contribution in [3.63, 3.8) is 0 Å². The lowest BCUT2D eigenvalue weighted by Crippen LogP contribution is -2.28. The second-order valence-electron chi connectivity index (χ2n) is 5.06. The average Bonchev–Trinajstić information content (AvgIpc) is 2.25. The van der Waals surface area contributed by atoms with Gasteiger partial charge in [0.2, 0.25) is 0 Å². The van der Waals surface area contributed by atoms with Gasteiger partial charge in [0, 0.05) is 17.7 Å². The smallest absolute Gasteiger partial charge is 0.131 e. The molecule has 4 heteroatoms. The largest absolute Gasteiger partial charge is 0.491 e. The van der Waals surface area contributed by atoms with Crippen LogP contribution in [0.1, 0.15) is 39.3 Å². The molecule has 0 bridgehead atoms. The first-order valence-electron chi connectivity index (χ1n) is 6.21. The van der Waals surface area contributed by atoms with Crippen LogP contribution in [0, 0.1) is 5.82 Å². The number of halogens is 1. The molecule has 1 aromatic carbocycles. The van der Waals surface area contributed by atoms with Gasteiger partial charge in [-0.15, -0.1) is 0 Å². The first-order chi connectivity index (χ1) is 8.33. The molecule has 0 amide bonds. The van der Waals surface area contributed by atoms with Crippen molar-refractivity contribution < 1.29 is 14.2 Å². The summed E-state index contributed by atoms with van der Waals surface area (Å²) in [6, 6.07) is 4.76. The van der Waals surface area contributed by atoms with E-state index in [1.807, 2.05) is 13.8 Å². The molecule has 3 nitrogen and oxygen atoms in total. The van der Waals surface area contributed by atoms with Crippen LogP contribution in [-0.4, -0.2) is 23.9 Å². The Balaban J connectivity index is 2.73. The molecule has 0 saturated carbocycles. The van der Waals surface area contributed by atoms with E-state index < -0.39 is 5.60 Å². The molecule has 1 unspecified atom stereocenters. The number of benzene rings is 1. The van der Waals surface area contributed by atoms with E-state index in [1.165, 1.54) is 6.07 Å².